The van der Waals surface area contributed by atoms with Crippen LogP contribution < -0.4 is 5.73 Å². The van der Waals surface area contributed by atoms with Gasteiger partial charge < -0.3 is 10.6 Å². The van der Waals surface area contributed by atoms with Gasteiger partial charge in [-0.05, 0) is 52.6 Å². The molecule has 1 rings (SSSR count). The average Bonchev–Trinajstić information content (AvgIpc) is 2.35. The smallest absolute Gasteiger partial charge is 0.221 e. The maximum Gasteiger partial charge on any atom is 0.221 e. The van der Waals surface area contributed by atoms with Gasteiger partial charge in [0.1, 0.15) is 0 Å². The minimum atomic E-state index is -0.211. The average molecular weight is 251 g/mol. The fourth-order valence-corrected chi connectivity index (χ4v) is 2.45. The second-order valence-corrected chi connectivity index (χ2v) is 5.99. The van der Waals surface area contributed by atoms with Crippen molar-refractivity contribution in [3.8, 4) is 6.07 Å². The van der Waals surface area contributed by atoms with Crippen LogP contribution in [0.3, 0.4) is 0 Å². The molecule has 1 atom stereocenters. The number of likely N-dealkylation sites (tertiary alicyclic amines) is 1. The Morgan fingerprint density at radius 3 is 2.83 bits per heavy atom. The SMILES string of the molecule is CC(C)(C#N)CCCCN1CCCC(C(N)=O)C1. The molecule has 0 saturated carbocycles. The molecule has 1 unspecified atom stereocenters. The van der Waals surface area contributed by atoms with Crippen LogP contribution >= 0.6 is 0 Å². The molecule has 1 heterocycles. The molecule has 0 radical (unpaired) electrons. The summed E-state index contributed by atoms with van der Waals surface area (Å²) < 4.78 is 0. The van der Waals surface area contributed by atoms with Crippen LogP contribution in [0.2, 0.25) is 0 Å². The van der Waals surface area contributed by atoms with Crippen molar-refractivity contribution in [3.05, 3.63) is 0 Å². The molecular formula is C14H25N3O. The second kappa shape index (κ2) is 6.75. The molecule has 1 aliphatic heterocycles. The predicted octanol–water partition coefficient (Wildman–Crippen LogP) is 1.90. The third-order valence-electron chi connectivity index (χ3n) is 3.74. The third kappa shape index (κ3) is 5.05. The predicted molar refractivity (Wildman–Crippen MR) is 71.6 cm³/mol. The molecule has 0 aromatic rings. The summed E-state index contributed by atoms with van der Waals surface area (Å²) in [5.41, 5.74) is 5.15. The first-order valence-corrected chi connectivity index (χ1v) is 6.87. The fraction of sp³-hybridized carbons (Fsp3) is 0.857. The van der Waals surface area contributed by atoms with E-state index in [-0.39, 0.29) is 17.2 Å². The van der Waals surface area contributed by atoms with E-state index in [0.29, 0.717) is 0 Å². The molecule has 0 bridgehead atoms. The highest BCUT2D eigenvalue weighted by atomic mass is 16.1. The highest BCUT2D eigenvalue weighted by molar-refractivity contribution is 5.76. The monoisotopic (exact) mass is 251 g/mol. The quantitative estimate of drug-likeness (QED) is 0.733. The number of amides is 1. The molecule has 0 aromatic heterocycles. The van der Waals surface area contributed by atoms with Crippen molar-refractivity contribution in [1.29, 1.82) is 5.26 Å². The Balaban J connectivity index is 2.20. The lowest BCUT2D eigenvalue weighted by atomic mass is 9.89. The Labute approximate surface area is 110 Å². The summed E-state index contributed by atoms with van der Waals surface area (Å²) in [4.78, 5) is 13.5. The minimum absolute atomic E-state index is 0.0364. The molecular weight excluding hydrogens is 226 g/mol. The Bertz CT molecular complexity index is 319. The van der Waals surface area contributed by atoms with E-state index < -0.39 is 0 Å². The van der Waals surface area contributed by atoms with E-state index in [2.05, 4.69) is 11.0 Å². The number of nitrogens with two attached hydrogens (primary N) is 1. The van der Waals surface area contributed by atoms with E-state index >= 15 is 0 Å². The molecule has 0 spiro atoms. The van der Waals surface area contributed by atoms with E-state index in [0.717, 1.165) is 51.7 Å². The summed E-state index contributed by atoms with van der Waals surface area (Å²) in [7, 11) is 0. The highest BCUT2D eigenvalue weighted by Crippen LogP contribution is 2.22. The van der Waals surface area contributed by atoms with Gasteiger partial charge in [-0.25, -0.2) is 0 Å². The molecule has 4 heteroatoms. The van der Waals surface area contributed by atoms with Gasteiger partial charge in [0.05, 0.1) is 17.4 Å². The first-order valence-electron chi connectivity index (χ1n) is 6.87. The number of carbonyl (C=O) groups excluding carboxylic acids is 1. The van der Waals surface area contributed by atoms with Gasteiger partial charge in [-0.1, -0.05) is 6.42 Å². The molecule has 18 heavy (non-hydrogen) atoms. The highest BCUT2D eigenvalue weighted by Gasteiger charge is 2.23. The van der Waals surface area contributed by atoms with E-state index in [4.69, 9.17) is 11.0 Å². The summed E-state index contributed by atoms with van der Waals surface area (Å²) in [5, 5.41) is 8.93. The Hall–Kier alpha value is -1.08. The van der Waals surface area contributed by atoms with Crippen LogP contribution in [0.15, 0.2) is 0 Å². The topological polar surface area (TPSA) is 70.1 Å². The molecule has 0 aliphatic carbocycles. The lowest BCUT2D eigenvalue weighted by Crippen LogP contribution is -2.41. The number of unbranched alkanes of at least 4 members (excludes halogenated alkanes) is 1. The first kappa shape index (κ1) is 15.0. The maximum atomic E-state index is 11.2. The third-order valence-corrected chi connectivity index (χ3v) is 3.74. The number of nitrogens with zero attached hydrogens (tertiary/aromatic N) is 2. The zero-order valence-corrected chi connectivity index (χ0v) is 11.6. The number of nitriles is 1. The van der Waals surface area contributed by atoms with Gasteiger partial charge in [0.2, 0.25) is 5.91 Å². The molecule has 1 saturated heterocycles. The molecule has 2 N–H and O–H groups in total. The van der Waals surface area contributed by atoms with Gasteiger partial charge in [0.15, 0.2) is 0 Å². The molecule has 4 nitrogen and oxygen atoms in total. The van der Waals surface area contributed by atoms with Gasteiger partial charge >= 0.3 is 0 Å². The van der Waals surface area contributed by atoms with Gasteiger partial charge in [0, 0.05) is 6.54 Å². The number of piperidine rings is 1. The van der Waals surface area contributed by atoms with E-state index in [1.165, 1.54) is 0 Å². The molecule has 1 aliphatic rings. The molecule has 0 aromatic carbocycles. The van der Waals surface area contributed by atoms with Crippen LogP contribution in [-0.4, -0.2) is 30.4 Å². The number of hydrogen-bond donors (Lipinski definition) is 1. The number of rotatable bonds is 6. The molecule has 1 amide bonds. The van der Waals surface area contributed by atoms with E-state index in [1.807, 2.05) is 13.8 Å². The summed E-state index contributed by atoms with van der Waals surface area (Å²) in [5.74, 6) is -0.125. The van der Waals surface area contributed by atoms with E-state index in [1.54, 1.807) is 0 Å². The van der Waals surface area contributed by atoms with Gasteiger partial charge in [-0.3, -0.25) is 4.79 Å². The zero-order chi connectivity index (χ0) is 13.6. The Kier molecular flexibility index (Phi) is 5.61. The normalized spacial score (nSPS) is 21.5. The van der Waals surface area contributed by atoms with Crippen molar-refractivity contribution in [2.45, 2.75) is 46.0 Å². The van der Waals surface area contributed by atoms with Crippen LogP contribution in [-0.2, 0) is 4.79 Å². The van der Waals surface area contributed by atoms with Crippen molar-refractivity contribution < 1.29 is 4.79 Å². The summed E-state index contributed by atoms with van der Waals surface area (Å²) in [6.07, 6.45) is 5.11. The fourth-order valence-electron chi connectivity index (χ4n) is 2.45. The van der Waals surface area contributed by atoms with Gasteiger partial charge in [-0.15, -0.1) is 0 Å². The molecule has 102 valence electrons. The number of carbonyl (C=O) groups is 1. The van der Waals surface area contributed by atoms with Crippen molar-refractivity contribution in [2.75, 3.05) is 19.6 Å². The van der Waals surface area contributed by atoms with Gasteiger partial charge in [0.25, 0.3) is 0 Å². The lowest BCUT2D eigenvalue weighted by molar-refractivity contribution is -0.123. The van der Waals surface area contributed by atoms with Crippen LogP contribution in [0, 0.1) is 22.7 Å². The second-order valence-electron chi connectivity index (χ2n) is 5.99. The van der Waals surface area contributed by atoms with Crippen LogP contribution in [0.1, 0.15) is 46.0 Å². The summed E-state index contributed by atoms with van der Waals surface area (Å²) >= 11 is 0. The first-order chi connectivity index (χ1) is 8.44. The largest absolute Gasteiger partial charge is 0.369 e. The van der Waals surface area contributed by atoms with Crippen LogP contribution in [0.25, 0.3) is 0 Å². The van der Waals surface area contributed by atoms with Crippen molar-refractivity contribution >= 4 is 5.91 Å². The molecule has 1 fully saturated rings. The number of primary amides is 1. The zero-order valence-electron chi connectivity index (χ0n) is 11.6. The number of hydrogen-bond acceptors (Lipinski definition) is 3. The van der Waals surface area contributed by atoms with Crippen molar-refractivity contribution in [3.63, 3.8) is 0 Å². The Morgan fingerprint density at radius 1 is 1.50 bits per heavy atom. The minimum Gasteiger partial charge on any atom is -0.369 e. The van der Waals surface area contributed by atoms with E-state index in [9.17, 15) is 4.79 Å². The maximum absolute atomic E-state index is 11.2. The van der Waals surface area contributed by atoms with Gasteiger partial charge in [-0.2, -0.15) is 5.26 Å². The van der Waals surface area contributed by atoms with Crippen molar-refractivity contribution in [2.24, 2.45) is 17.1 Å². The summed E-state index contributed by atoms with van der Waals surface area (Å²) in [6.45, 7) is 6.88. The lowest BCUT2D eigenvalue weighted by Gasteiger charge is -2.31. The standard InChI is InChI=1S/C14H25N3O/c1-14(2,11-15)7-3-4-8-17-9-5-6-12(10-17)13(16)18/h12H,3-10H2,1-2H3,(H2,16,18). The van der Waals surface area contributed by atoms with Crippen LogP contribution in [0.4, 0.5) is 0 Å². The van der Waals surface area contributed by atoms with Crippen LogP contribution in [0.5, 0.6) is 0 Å². The van der Waals surface area contributed by atoms with Crippen molar-refractivity contribution in [1.82, 2.24) is 4.90 Å². The Morgan fingerprint density at radius 2 is 2.22 bits per heavy atom. The summed E-state index contributed by atoms with van der Waals surface area (Å²) in [6, 6.07) is 2.33.